The third-order valence-corrected chi connectivity index (χ3v) is 14.6. The van der Waals surface area contributed by atoms with Crippen LogP contribution >= 0.6 is 0 Å². The number of hydrogen-bond acceptors (Lipinski definition) is 1. The van der Waals surface area contributed by atoms with E-state index in [-0.39, 0.29) is 0 Å². The van der Waals surface area contributed by atoms with Crippen molar-refractivity contribution in [3.05, 3.63) is 182 Å². The molecule has 3 aromatic heterocycles. The number of aromatic nitrogens is 4. The lowest BCUT2D eigenvalue weighted by Gasteiger charge is -2.34. The molecule has 0 saturated carbocycles. The van der Waals surface area contributed by atoms with Crippen molar-refractivity contribution in [1.82, 2.24) is 14.1 Å². The number of pyridine rings is 1. The Labute approximate surface area is 291 Å². The van der Waals surface area contributed by atoms with E-state index in [9.17, 15) is 0 Å². The van der Waals surface area contributed by atoms with Crippen molar-refractivity contribution >= 4 is 61.7 Å². The second kappa shape index (κ2) is 11.6. The average Bonchev–Trinajstić information content (AvgIpc) is 3.73. The molecule has 0 fully saturated rings. The fourth-order valence-corrected chi connectivity index (χ4v) is 12.5. The smallest absolute Gasteiger partial charge is 0.249 e. The van der Waals surface area contributed by atoms with Crippen LogP contribution in [0.4, 0.5) is 0 Å². The predicted octanol–water partition coefficient (Wildman–Crippen LogP) is 6.63. The first-order valence-electron chi connectivity index (χ1n) is 18.0. The SMILES string of the molecule is [2H]C([2H])([2H])[n+]1cn(-c2cccc([Si](c3ccccc3)(c3ccccc3)c3ccc4c5ccccc5n(-c5cc(C)ccn5)c4c3)c2)c2ccccc21. The maximum absolute atomic E-state index is 8.29. The fraction of sp³-hybridized carbons (Fsp3) is 0.0455. The third kappa shape index (κ3) is 4.58. The first kappa shape index (κ1) is 26.0. The Kier molecular flexibility index (Phi) is 6.14. The van der Waals surface area contributed by atoms with Gasteiger partial charge in [0.05, 0.1) is 22.1 Å². The van der Waals surface area contributed by atoms with Crippen LogP contribution in [0.1, 0.15) is 9.68 Å². The van der Waals surface area contributed by atoms with E-state index in [2.05, 4.69) is 145 Å². The van der Waals surface area contributed by atoms with Crippen LogP contribution in [-0.4, -0.2) is 22.2 Å². The molecule has 4 nitrogen and oxygen atoms in total. The minimum Gasteiger partial charge on any atom is -0.294 e. The van der Waals surface area contributed by atoms with Gasteiger partial charge in [0.15, 0.2) is 19.1 Å². The molecule has 0 aliphatic heterocycles. The van der Waals surface area contributed by atoms with E-state index in [0.717, 1.165) is 33.6 Å². The number of hydrogen-bond donors (Lipinski definition) is 0. The molecule has 9 rings (SSSR count). The zero-order valence-electron chi connectivity index (χ0n) is 30.0. The normalized spacial score (nSPS) is 13.0. The van der Waals surface area contributed by atoms with Gasteiger partial charge in [0.1, 0.15) is 11.5 Å². The molecule has 6 aromatic carbocycles. The van der Waals surface area contributed by atoms with Gasteiger partial charge in [0, 0.05) is 17.0 Å². The number of nitrogens with zero attached hydrogens (tertiary/aromatic N) is 4. The molecule has 0 amide bonds. The Morgan fingerprint density at radius 3 is 1.98 bits per heavy atom. The highest BCUT2D eigenvalue weighted by molar-refractivity contribution is 7.20. The molecule has 3 heterocycles. The topological polar surface area (TPSA) is 26.6 Å². The van der Waals surface area contributed by atoms with Gasteiger partial charge in [-0.05, 0) is 81.8 Å². The number of aryl methyl sites for hydroxylation is 2. The molecule has 0 saturated heterocycles. The molecular formula is C44H35N4Si+. The van der Waals surface area contributed by atoms with E-state index >= 15 is 0 Å². The Balaban J connectivity index is 1.38. The second-order valence-corrected chi connectivity index (χ2v) is 16.5. The molecule has 0 spiro atoms. The van der Waals surface area contributed by atoms with E-state index in [0.29, 0.717) is 5.52 Å². The fourth-order valence-electron chi connectivity index (χ4n) is 7.68. The highest BCUT2D eigenvalue weighted by Crippen LogP contribution is 2.31. The van der Waals surface area contributed by atoms with Crippen LogP contribution < -0.4 is 25.3 Å². The highest BCUT2D eigenvalue weighted by Gasteiger charge is 2.42. The maximum Gasteiger partial charge on any atom is 0.249 e. The van der Waals surface area contributed by atoms with Gasteiger partial charge in [-0.3, -0.25) is 4.57 Å². The van der Waals surface area contributed by atoms with Crippen LogP contribution in [-0.2, 0) is 6.98 Å². The molecule has 9 aromatic rings. The van der Waals surface area contributed by atoms with Crippen molar-refractivity contribution in [2.75, 3.05) is 0 Å². The Hall–Kier alpha value is -6.04. The van der Waals surface area contributed by atoms with Gasteiger partial charge in [0.2, 0.25) is 6.33 Å². The largest absolute Gasteiger partial charge is 0.294 e. The lowest BCUT2D eigenvalue weighted by Crippen LogP contribution is -2.74. The number of benzene rings is 6. The average molecular weight is 651 g/mol. The standard InChI is InChI=1S/C44H35N4Si/c1-32-26-27-45-44(28-32)48-40-21-10-9-20-38(40)39-25-24-37(30-43(39)48)49(34-15-5-3-6-16-34,35-17-7-4-8-18-35)36-19-13-14-33(29-36)47-31-46(2)41-22-11-12-23-42(41)47/h3-31H,1-2H3/q+1/i2D3. The second-order valence-electron chi connectivity index (χ2n) is 12.7. The van der Waals surface area contributed by atoms with Crippen LogP contribution in [0.2, 0.25) is 0 Å². The minimum absolute atomic E-state index is 0.658. The minimum atomic E-state index is -3.03. The van der Waals surface area contributed by atoms with Crippen LogP contribution in [0.5, 0.6) is 0 Å². The van der Waals surface area contributed by atoms with Crippen LogP contribution in [0.25, 0.3) is 44.3 Å². The summed E-state index contributed by atoms with van der Waals surface area (Å²) in [6, 6.07) is 57.9. The zero-order valence-corrected chi connectivity index (χ0v) is 28.0. The molecule has 5 heteroatoms. The molecule has 49 heavy (non-hydrogen) atoms. The molecule has 0 bridgehead atoms. The van der Waals surface area contributed by atoms with Gasteiger partial charge >= 0.3 is 0 Å². The van der Waals surface area contributed by atoms with Gasteiger partial charge in [-0.15, -0.1) is 0 Å². The van der Waals surface area contributed by atoms with Crippen LogP contribution in [0.15, 0.2) is 176 Å². The van der Waals surface area contributed by atoms with E-state index < -0.39 is 15.0 Å². The number of para-hydroxylation sites is 3. The molecule has 0 N–H and O–H groups in total. The maximum atomic E-state index is 8.29. The molecule has 234 valence electrons. The lowest BCUT2D eigenvalue weighted by molar-refractivity contribution is -0.645. The number of fused-ring (bicyclic) bond motifs is 4. The van der Waals surface area contributed by atoms with E-state index in [1.807, 2.05) is 41.1 Å². The molecule has 0 aliphatic rings. The number of imidazole rings is 1. The Morgan fingerprint density at radius 1 is 0.571 bits per heavy atom. The summed E-state index contributed by atoms with van der Waals surface area (Å²) in [5, 5.41) is 7.29. The molecule has 0 atom stereocenters. The summed E-state index contributed by atoms with van der Waals surface area (Å²) in [6.07, 6.45) is 3.60. The summed E-state index contributed by atoms with van der Waals surface area (Å²) >= 11 is 0. The molecule has 0 unspecified atom stereocenters. The van der Waals surface area contributed by atoms with Gasteiger partial charge < -0.3 is 0 Å². The Bertz CT molecular complexity index is 2710. The van der Waals surface area contributed by atoms with E-state index in [4.69, 9.17) is 9.10 Å². The third-order valence-electron chi connectivity index (χ3n) is 9.84. The highest BCUT2D eigenvalue weighted by atomic mass is 28.3. The summed E-state index contributed by atoms with van der Waals surface area (Å²) in [7, 11) is -3.03. The predicted molar refractivity (Wildman–Crippen MR) is 205 cm³/mol. The quantitative estimate of drug-likeness (QED) is 0.113. The summed E-state index contributed by atoms with van der Waals surface area (Å²) in [5.41, 5.74) is 5.76. The number of rotatable bonds is 6. The summed E-state index contributed by atoms with van der Waals surface area (Å²) in [6.45, 7) is -0.219. The first-order valence-corrected chi connectivity index (χ1v) is 18.5. The summed E-state index contributed by atoms with van der Waals surface area (Å²) in [4.78, 5) is 4.87. The van der Waals surface area contributed by atoms with Crippen molar-refractivity contribution in [1.29, 1.82) is 0 Å². The first-order chi connectivity index (χ1) is 25.3. The van der Waals surface area contributed by atoms with Gasteiger partial charge in [-0.1, -0.05) is 115 Å². The van der Waals surface area contributed by atoms with Gasteiger partial charge in [-0.25, -0.2) is 9.55 Å². The molecular weight excluding hydrogens is 613 g/mol. The molecule has 0 radical (unpaired) electrons. The lowest BCUT2D eigenvalue weighted by atomic mass is 10.1. The van der Waals surface area contributed by atoms with Crippen LogP contribution in [0, 0.1) is 6.92 Å². The van der Waals surface area contributed by atoms with Crippen molar-refractivity contribution in [3.63, 3.8) is 0 Å². The monoisotopic (exact) mass is 650 g/mol. The van der Waals surface area contributed by atoms with Crippen molar-refractivity contribution in [3.8, 4) is 11.5 Å². The van der Waals surface area contributed by atoms with Crippen LogP contribution in [0.3, 0.4) is 0 Å². The summed E-state index contributed by atoms with van der Waals surface area (Å²) < 4.78 is 30.6. The van der Waals surface area contributed by atoms with Gasteiger partial charge in [-0.2, -0.15) is 4.57 Å². The zero-order chi connectivity index (χ0) is 35.5. The van der Waals surface area contributed by atoms with E-state index in [1.165, 1.54) is 36.1 Å². The summed E-state index contributed by atoms with van der Waals surface area (Å²) in [5.74, 6) is 0.888. The Morgan fingerprint density at radius 2 is 1.22 bits per heavy atom. The van der Waals surface area contributed by atoms with Crippen molar-refractivity contribution < 1.29 is 8.68 Å². The van der Waals surface area contributed by atoms with Gasteiger partial charge in [0.25, 0.3) is 0 Å². The molecule has 0 aliphatic carbocycles. The van der Waals surface area contributed by atoms with E-state index in [1.54, 1.807) is 6.33 Å². The van der Waals surface area contributed by atoms with Crippen molar-refractivity contribution in [2.24, 2.45) is 6.98 Å². The van der Waals surface area contributed by atoms with Crippen molar-refractivity contribution in [2.45, 2.75) is 6.92 Å².